The lowest BCUT2D eigenvalue weighted by Crippen LogP contribution is -2.34. The number of hydrogen-bond donors (Lipinski definition) is 0. The summed E-state index contributed by atoms with van der Waals surface area (Å²) in [5.74, 6) is -0.873. The Morgan fingerprint density at radius 2 is 1.94 bits per heavy atom. The fraction of sp³-hybridized carbons (Fsp3) is 0.417. The van der Waals surface area contributed by atoms with Gasteiger partial charge < -0.3 is 0 Å². The molecule has 0 saturated heterocycles. The summed E-state index contributed by atoms with van der Waals surface area (Å²) in [6, 6.07) is 6.66. The summed E-state index contributed by atoms with van der Waals surface area (Å²) in [5.41, 5.74) is 0. The smallest absolute Gasteiger partial charge is 0.207 e. The Balaban J connectivity index is 3.04. The van der Waals surface area contributed by atoms with Crippen LogP contribution in [-0.4, -0.2) is 25.8 Å². The van der Waals surface area contributed by atoms with Crippen LogP contribution >= 0.6 is 0 Å². The van der Waals surface area contributed by atoms with Crippen LogP contribution in [-0.2, 0) is 10.0 Å². The molecule has 0 aliphatic heterocycles. The largest absolute Gasteiger partial charge is 0.243 e. The van der Waals surface area contributed by atoms with Crippen molar-refractivity contribution in [2.24, 2.45) is 5.92 Å². The van der Waals surface area contributed by atoms with E-state index in [2.05, 4.69) is 0 Å². The predicted molar refractivity (Wildman–Crippen MR) is 65.6 cm³/mol. The first-order chi connectivity index (χ1) is 8.41. The average Bonchev–Trinajstić information content (AvgIpc) is 2.35. The maximum Gasteiger partial charge on any atom is 0.243 e. The third-order valence-corrected chi connectivity index (χ3v) is 4.46. The number of nitrogens with zero attached hydrogens (tertiary/aromatic N) is 2. The van der Waals surface area contributed by atoms with Gasteiger partial charge in [0, 0.05) is 13.1 Å². The Morgan fingerprint density at radius 1 is 1.39 bits per heavy atom. The zero-order valence-corrected chi connectivity index (χ0v) is 11.1. The number of sulfonamides is 1. The number of halogens is 1. The molecule has 1 aromatic carbocycles. The minimum absolute atomic E-state index is 0.0379. The van der Waals surface area contributed by atoms with Crippen LogP contribution in [0.4, 0.5) is 4.39 Å². The fourth-order valence-electron chi connectivity index (χ4n) is 1.50. The summed E-state index contributed by atoms with van der Waals surface area (Å²) in [6.45, 7) is 3.76. The second-order valence-corrected chi connectivity index (χ2v) is 5.88. The van der Waals surface area contributed by atoms with Crippen LogP contribution in [0.2, 0.25) is 0 Å². The summed E-state index contributed by atoms with van der Waals surface area (Å²) in [5, 5.41) is 8.73. The van der Waals surface area contributed by atoms with Crippen molar-refractivity contribution in [2.75, 3.05) is 13.1 Å². The molecule has 0 heterocycles. The van der Waals surface area contributed by atoms with E-state index in [0.717, 1.165) is 12.1 Å². The fourth-order valence-corrected chi connectivity index (χ4v) is 3.04. The van der Waals surface area contributed by atoms with Crippen molar-refractivity contribution in [1.82, 2.24) is 4.31 Å². The Morgan fingerprint density at radius 3 is 2.39 bits per heavy atom. The van der Waals surface area contributed by atoms with Crippen molar-refractivity contribution in [3.8, 4) is 6.07 Å². The van der Waals surface area contributed by atoms with Gasteiger partial charge in [0.15, 0.2) is 0 Å². The molecule has 1 unspecified atom stereocenters. The Kier molecular flexibility index (Phi) is 4.82. The number of nitriles is 1. The van der Waals surface area contributed by atoms with E-state index in [1.54, 1.807) is 13.8 Å². The molecule has 18 heavy (non-hydrogen) atoms. The molecule has 0 aliphatic rings. The van der Waals surface area contributed by atoms with Gasteiger partial charge in [0.1, 0.15) is 5.82 Å². The molecule has 0 radical (unpaired) electrons. The van der Waals surface area contributed by atoms with Gasteiger partial charge in [-0.25, -0.2) is 12.8 Å². The molecule has 0 amide bonds. The second-order valence-electron chi connectivity index (χ2n) is 3.94. The Hall–Kier alpha value is -1.45. The van der Waals surface area contributed by atoms with Crippen molar-refractivity contribution < 1.29 is 12.8 Å². The molecule has 0 saturated carbocycles. The van der Waals surface area contributed by atoms with Crippen LogP contribution in [0.25, 0.3) is 0 Å². The van der Waals surface area contributed by atoms with Crippen LogP contribution in [0.15, 0.2) is 29.2 Å². The standard InChI is InChI=1S/C12H15FN2O2S/c1-3-15(9-10(2)8-14)18(16,17)12-6-4-11(13)5-7-12/h4-7,10H,3,9H2,1-2H3. The van der Waals surface area contributed by atoms with Gasteiger partial charge in [0.2, 0.25) is 10.0 Å². The van der Waals surface area contributed by atoms with Crippen LogP contribution < -0.4 is 0 Å². The van der Waals surface area contributed by atoms with Crippen LogP contribution in [0.3, 0.4) is 0 Å². The van der Waals surface area contributed by atoms with Crippen molar-refractivity contribution in [1.29, 1.82) is 5.26 Å². The molecule has 0 aliphatic carbocycles. The minimum Gasteiger partial charge on any atom is -0.207 e. The topological polar surface area (TPSA) is 61.2 Å². The molecule has 1 rings (SSSR count). The maximum atomic E-state index is 12.8. The molecule has 1 aromatic rings. The van der Waals surface area contributed by atoms with Gasteiger partial charge in [-0.1, -0.05) is 6.92 Å². The highest BCUT2D eigenvalue weighted by molar-refractivity contribution is 7.89. The van der Waals surface area contributed by atoms with Crippen LogP contribution in [0.1, 0.15) is 13.8 Å². The van der Waals surface area contributed by atoms with Gasteiger partial charge >= 0.3 is 0 Å². The number of rotatable bonds is 5. The molecule has 0 N–H and O–H groups in total. The van der Waals surface area contributed by atoms with E-state index in [9.17, 15) is 12.8 Å². The van der Waals surface area contributed by atoms with E-state index in [1.165, 1.54) is 16.4 Å². The van der Waals surface area contributed by atoms with E-state index < -0.39 is 15.8 Å². The monoisotopic (exact) mass is 270 g/mol. The van der Waals surface area contributed by atoms with E-state index in [1.807, 2.05) is 6.07 Å². The SMILES string of the molecule is CCN(CC(C)C#N)S(=O)(=O)c1ccc(F)cc1. The molecule has 1 atom stereocenters. The van der Waals surface area contributed by atoms with Crippen molar-refractivity contribution in [2.45, 2.75) is 18.7 Å². The number of benzene rings is 1. The molecule has 0 spiro atoms. The van der Waals surface area contributed by atoms with E-state index in [0.29, 0.717) is 0 Å². The third kappa shape index (κ3) is 3.28. The highest BCUT2D eigenvalue weighted by Crippen LogP contribution is 2.17. The summed E-state index contributed by atoms with van der Waals surface area (Å²) in [4.78, 5) is 0.0379. The highest BCUT2D eigenvalue weighted by Gasteiger charge is 2.24. The van der Waals surface area contributed by atoms with Gasteiger partial charge in [-0.3, -0.25) is 0 Å². The summed E-state index contributed by atoms with van der Waals surface area (Å²) < 4.78 is 38.4. The molecular formula is C12H15FN2O2S. The van der Waals surface area contributed by atoms with Gasteiger partial charge in [0.05, 0.1) is 16.9 Å². The van der Waals surface area contributed by atoms with Crippen LogP contribution in [0, 0.1) is 23.1 Å². The molecule has 6 heteroatoms. The van der Waals surface area contributed by atoms with Crippen LogP contribution in [0.5, 0.6) is 0 Å². The summed E-state index contributed by atoms with van der Waals surface area (Å²) in [6.07, 6.45) is 0. The minimum atomic E-state index is -3.66. The van der Waals surface area contributed by atoms with E-state index in [-0.39, 0.29) is 23.9 Å². The highest BCUT2D eigenvalue weighted by atomic mass is 32.2. The first kappa shape index (κ1) is 14.6. The summed E-state index contributed by atoms with van der Waals surface area (Å²) >= 11 is 0. The van der Waals surface area contributed by atoms with Gasteiger partial charge in [-0.2, -0.15) is 9.57 Å². The van der Waals surface area contributed by atoms with Crippen molar-refractivity contribution in [3.63, 3.8) is 0 Å². The third-order valence-electron chi connectivity index (χ3n) is 2.50. The second kappa shape index (κ2) is 5.94. The molecule has 0 bridgehead atoms. The molecule has 0 fully saturated rings. The molecule has 0 aromatic heterocycles. The Bertz CT molecular complexity index is 534. The quantitative estimate of drug-likeness (QED) is 0.822. The maximum absolute atomic E-state index is 12.8. The zero-order valence-electron chi connectivity index (χ0n) is 10.3. The Labute approximate surface area is 107 Å². The molecule has 4 nitrogen and oxygen atoms in total. The lowest BCUT2D eigenvalue weighted by molar-refractivity contribution is 0.400. The van der Waals surface area contributed by atoms with Crippen molar-refractivity contribution >= 4 is 10.0 Å². The summed E-state index contributed by atoms with van der Waals surface area (Å²) in [7, 11) is -3.66. The van der Waals surface area contributed by atoms with E-state index >= 15 is 0 Å². The van der Waals surface area contributed by atoms with Gasteiger partial charge in [-0.15, -0.1) is 0 Å². The lowest BCUT2D eigenvalue weighted by Gasteiger charge is -2.21. The zero-order chi connectivity index (χ0) is 13.8. The molecule has 98 valence electrons. The van der Waals surface area contributed by atoms with Crippen molar-refractivity contribution in [3.05, 3.63) is 30.1 Å². The average molecular weight is 270 g/mol. The lowest BCUT2D eigenvalue weighted by atomic mass is 10.2. The van der Waals surface area contributed by atoms with E-state index in [4.69, 9.17) is 5.26 Å². The number of hydrogen-bond acceptors (Lipinski definition) is 3. The molecular weight excluding hydrogens is 255 g/mol. The first-order valence-corrected chi connectivity index (χ1v) is 7.01. The van der Waals surface area contributed by atoms with Gasteiger partial charge in [0.25, 0.3) is 0 Å². The predicted octanol–water partition coefficient (Wildman–Crippen LogP) is 2.00. The van der Waals surface area contributed by atoms with Gasteiger partial charge in [-0.05, 0) is 31.2 Å². The first-order valence-electron chi connectivity index (χ1n) is 5.57. The normalized spacial score (nSPS) is 13.3.